The Labute approximate surface area is 125 Å². The van der Waals surface area contributed by atoms with E-state index in [0.29, 0.717) is 16.1 Å². The van der Waals surface area contributed by atoms with Crippen molar-refractivity contribution in [3.63, 3.8) is 0 Å². The van der Waals surface area contributed by atoms with Crippen LogP contribution < -0.4 is 0 Å². The van der Waals surface area contributed by atoms with Crippen molar-refractivity contribution in [1.29, 1.82) is 0 Å². The van der Waals surface area contributed by atoms with Gasteiger partial charge in [0.25, 0.3) is 0 Å². The molecule has 0 N–H and O–H groups in total. The second-order valence-electron chi connectivity index (χ2n) is 3.62. The molecule has 0 amide bonds. The molecule has 0 heterocycles. The molecule has 0 spiro atoms. The molecule has 0 saturated carbocycles. The minimum Gasteiger partial charge on any atom is -0.289 e. The molecule has 0 aromatic heterocycles. The molecular formula is C13H6Br2ClFO. The monoisotopic (exact) mass is 390 g/mol. The third kappa shape index (κ3) is 2.99. The van der Waals surface area contributed by atoms with E-state index >= 15 is 0 Å². The Morgan fingerprint density at radius 2 is 1.78 bits per heavy atom. The summed E-state index contributed by atoms with van der Waals surface area (Å²) in [5.74, 6) is -0.613. The highest BCUT2D eigenvalue weighted by Crippen LogP contribution is 2.23. The van der Waals surface area contributed by atoms with Crippen LogP contribution >= 0.6 is 43.5 Å². The van der Waals surface area contributed by atoms with Crippen LogP contribution in [0.15, 0.2) is 45.3 Å². The normalized spacial score (nSPS) is 10.4. The summed E-state index contributed by atoms with van der Waals surface area (Å²) in [5, 5.41) is 0.467. The number of ketones is 1. The summed E-state index contributed by atoms with van der Waals surface area (Å²) < 4.78 is 14.1. The molecule has 0 aliphatic carbocycles. The summed E-state index contributed by atoms with van der Waals surface area (Å²) in [6, 6.07) is 9.08. The average Bonchev–Trinajstić information content (AvgIpc) is 2.30. The molecule has 0 radical (unpaired) electrons. The zero-order valence-electron chi connectivity index (χ0n) is 8.88. The molecule has 1 nitrogen and oxygen atoms in total. The van der Waals surface area contributed by atoms with Crippen LogP contribution in [0.25, 0.3) is 0 Å². The Kier molecular flexibility index (Phi) is 4.20. The van der Waals surface area contributed by atoms with Gasteiger partial charge in [-0.15, -0.1) is 0 Å². The first-order chi connectivity index (χ1) is 8.47. The van der Waals surface area contributed by atoms with Crippen molar-refractivity contribution in [2.45, 2.75) is 0 Å². The third-order valence-electron chi connectivity index (χ3n) is 2.31. The summed E-state index contributed by atoms with van der Waals surface area (Å²) in [5.41, 5.74) is 0.852. The number of hydrogen-bond acceptors (Lipinski definition) is 1. The van der Waals surface area contributed by atoms with Gasteiger partial charge in [-0.3, -0.25) is 4.79 Å². The van der Waals surface area contributed by atoms with Gasteiger partial charge >= 0.3 is 0 Å². The number of carbonyl (C=O) groups excluding carboxylic acids is 1. The van der Waals surface area contributed by atoms with Gasteiger partial charge in [-0.05, 0) is 52.3 Å². The molecule has 18 heavy (non-hydrogen) atoms. The highest BCUT2D eigenvalue weighted by Gasteiger charge is 2.12. The standard InChI is InChI=1S/C13H6Br2ClFO/c14-9-3-8(4-10(16)6-9)13(18)7-1-2-12(17)11(15)5-7/h1-6H. The summed E-state index contributed by atoms with van der Waals surface area (Å²) in [7, 11) is 0. The molecule has 0 aliphatic heterocycles. The maximum atomic E-state index is 13.1. The Balaban J connectivity index is 2.44. The van der Waals surface area contributed by atoms with E-state index in [0.717, 1.165) is 4.47 Å². The van der Waals surface area contributed by atoms with Gasteiger partial charge in [0.05, 0.1) is 4.47 Å². The fourth-order valence-corrected chi connectivity index (χ4v) is 2.73. The van der Waals surface area contributed by atoms with E-state index < -0.39 is 5.82 Å². The van der Waals surface area contributed by atoms with E-state index in [4.69, 9.17) is 11.6 Å². The summed E-state index contributed by atoms with van der Waals surface area (Å²) >= 11 is 12.2. The van der Waals surface area contributed by atoms with E-state index in [2.05, 4.69) is 31.9 Å². The quantitative estimate of drug-likeness (QED) is 0.639. The zero-order chi connectivity index (χ0) is 13.3. The lowest BCUT2D eigenvalue weighted by Gasteiger charge is -2.04. The smallest absolute Gasteiger partial charge is 0.193 e. The molecule has 2 rings (SSSR count). The van der Waals surface area contributed by atoms with Crippen LogP contribution in [-0.4, -0.2) is 5.78 Å². The first kappa shape index (κ1) is 13.7. The lowest BCUT2D eigenvalue weighted by molar-refractivity contribution is 0.103. The van der Waals surface area contributed by atoms with Gasteiger partial charge in [0.2, 0.25) is 0 Å². The molecule has 92 valence electrons. The predicted molar refractivity (Wildman–Crippen MR) is 76.7 cm³/mol. The second kappa shape index (κ2) is 5.51. The van der Waals surface area contributed by atoms with Crippen LogP contribution in [0.4, 0.5) is 4.39 Å². The summed E-state index contributed by atoms with van der Waals surface area (Å²) in [6.45, 7) is 0. The van der Waals surface area contributed by atoms with Gasteiger partial charge in [0.15, 0.2) is 5.78 Å². The number of rotatable bonds is 2. The molecule has 0 unspecified atom stereocenters. The van der Waals surface area contributed by atoms with Crippen molar-refractivity contribution in [3.05, 3.63) is 67.3 Å². The maximum absolute atomic E-state index is 13.1. The first-order valence-corrected chi connectivity index (χ1v) is 6.89. The van der Waals surface area contributed by atoms with Gasteiger partial charge in [-0.25, -0.2) is 4.39 Å². The van der Waals surface area contributed by atoms with Crippen LogP contribution in [0, 0.1) is 5.82 Å². The lowest BCUT2D eigenvalue weighted by atomic mass is 10.0. The second-order valence-corrected chi connectivity index (χ2v) is 5.82. The molecular weight excluding hydrogens is 386 g/mol. The molecule has 0 bridgehead atoms. The minimum atomic E-state index is -0.404. The van der Waals surface area contributed by atoms with Gasteiger partial charge < -0.3 is 0 Å². The molecule has 2 aromatic rings. The van der Waals surface area contributed by atoms with Gasteiger partial charge in [0, 0.05) is 20.6 Å². The highest BCUT2D eigenvalue weighted by atomic mass is 79.9. The number of halogens is 4. The molecule has 0 saturated heterocycles. The third-order valence-corrected chi connectivity index (χ3v) is 3.59. The highest BCUT2D eigenvalue weighted by molar-refractivity contribution is 9.10. The van der Waals surface area contributed by atoms with Crippen LogP contribution in [-0.2, 0) is 0 Å². The van der Waals surface area contributed by atoms with Gasteiger partial charge in [-0.1, -0.05) is 27.5 Å². The lowest BCUT2D eigenvalue weighted by Crippen LogP contribution is -2.01. The van der Waals surface area contributed by atoms with E-state index in [1.165, 1.54) is 18.2 Å². The van der Waals surface area contributed by atoms with Crippen LogP contribution in [0.1, 0.15) is 15.9 Å². The summed E-state index contributed by atoms with van der Waals surface area (Å²) in [6.07, 6.45) is 0. The van der Waals surface area contributed by atoms with Crippen molar-refractivity contribution in [3.8, 4) is 0 Å². The van der Waals surface area contributed by atoms with Crippen molar-refractivity contribution in [1.82, 2.24) is 0 Å². The molecule has 5 heteroatoms. The Morgan fingerprint density at radius 1 is 1.06 bits per heavy atom. The largest absolute Gasteiger partial charge is 0.289 e. The topological polar surface area (TPSA) is 17.1 Å². The van der Waals surface area contributed by atoms with Crippen molar-refractivity contribution in [2.24, 2.45) is 0 Å². The fraction of sp³-hybridized carbons (Fsp3) is 0. The van der Waals surface area contributed by atoms with Crippen molar-refractivity contribution in [2.75, 3.05) is 0 Å². The number of benzene rings is 2. The van der Waals surface area contributed by atoms with Crippen molar-refractivity contribution >= 4 is 49.2 Å². The molecule has 0 atom stereocenters. The maximum Gasteiger partial charge on any atom is 0.193 e. The predicted octanol–water partition coefficient (Wildman–Crippen LogP) is 5.24. The van der Waals surface area contributed by atoms with Crippen molar-refractivity contribution < 1.29 is 9.18 Å². The van der Waals surface area contributed by atoms with E-state index in [1.54, 1.807) is 18.2 Å². The number of hydrogen-bond donors (Lipinski definition) is 0. The van der Waals surface area contributed by atoms with Gasteiger partial charge in [0.1, 0.15) is 5.82 Å². The molecule has 0 fully saturated rings. The van der Waals surface area contributed by atoms with Gasteiger partial charge in [-0.2, -0.15) is 0 Å². The zero-order valence-corrected chi connectivity index (χ0v) is 12.8. The molecule has 0 aliphatic rings. The van der Waals surface area contributed by atoms with E-state index in [1.807, 2.05) is 0 Å². The average molecular weight is 392 g/mol. The van der Waals surface area contributed by atoms with Crippen LogP contribution in [0.3, 0.4) is 0 Å². The Hall–Kier alpha value is -0.710. The SMILES string of the molecule is O=C(c1cc(Cl)cc(Br)c1)c1ccc(F)c(Br)c1. The fourth-order valence-electron chi connectivity index (χ4n) is 1.49. The summed E-state index contributed by atoms with van der Waals surface area (Å²) in [4.78, 5) is 12.2. The first-order valence-electron chi connectivity index (χ1n) is 4.93. The van der Waals surface area contributed by atoms with Crippen LogP contribution in [0.5, 0.6) is 0 Å². The van der Waals surface area contributed by atoms with E-state index in [-0.39, 0.29) is 10.3 Å². The van der Waals surface area contributed by atoms with Crippen LogP contribution in [0.2, 0.25) is 5.02 Å². The number of carbonyl (C=O) groups is 1. The molecule has 2 aromatic carbocycles. The Bertz CT molecular complexity index is 608. The van der Waals surface area contributed by atoms with E-state index in [9.17, 15) is 9.18 Å². The Morgan fingerprint density at radius 3 is 2.39 bits per heavy atom. The minimum absolute atomic E-state index is 0.209.